The molecule has 0 saturated carbocycles. The zero-order valence-electron chi connectivity index (χ0n) is 13.0. The topological polar surface area (TPSA) is 64.8 Å². The van der Waals surface area contributed by atoms with Crippen LogP contribution in [-0.2, 0) is 11.3 Å². The van der Waals surface area contributed by atoms with Crippen molar-refractivity contribution in [3.63, 3.8) is 0 Å². The van der Waals surface area contributed by atoms with E-state index < -0.39 is 6.10 Å². The van der Waals surface area contributed by atoms with Crippen LogP contribution in [-0.4, -0.2) is 37.1 Å². The molecule has 1 aromatic rings. The monoisotopic (exact) mass is 314 g/mol. The van der Waals surface area contributed by atoms with E-state index >= 15 is 0 Å². The summed E-state index contributed by atoms with van der Waals surface area (Å²) in [6.45, 7) is 7.19. The van der Waals surface area contributed by atoms with E-state index in [0.29, 0.717) is 36.2 Å². The SMILES string of the molecule is CCN(CC)C(=O)C(C)Oc1c(Cl)cc(CN)cc1OC. The van der Waals surface area contributed by atoms with Gasteiger partial charge in [0.2, 0.25) is 0 Å². The number of rotatable bonds is 7. The molecule has 0 heterocycles. The van der Waals surface area contributed by atoms with Crippen LogP contribution in [0.4, 0.5) is 0 Å². The molecule has 1 atom stereocenters. The van der Waals surface area contributed by atoms with E-state index in [0.717, 1.165) is 5.56 Å². The zero-order valence-corrected chi connectivity index (χ0v) is 13.7. The van der Waals surface area contributed by atoms with E-state index in [4.69, 9.17) is 26.8 Å². The molecule has 0 aromatic heterocycles. The molecule has 1 aromatic carbocycles. The van der Waals surface area contributed by atoms with Gasteiger partial charge in [-0.15, -0.1) is 0 Å². The van der Waals surface area contributed by atoms with Crippen LogP contribution in [0.5, 0.6) is 11.5 Å². The minimum absolute atomic E-state index is 0.0824. The van der Waals surface area contributed by atoms with Crippen LogP contribution in [0, 0.1) is 0 Å². The highest BCUT2D eigenvalue weighted by atomic mass is 35.5. The number of carbonyl (C=O) groups is 1. The Labute approximate surface area is 131 Å². The summed E-state index contributed by atoms with van der Waals surface area (Å²) in [6, 6.07) is 3.48. The molecule has 1 unspecified atom stereocenters. The largest absolute Gasteiger partial charge is 0.493 e. The molecule has 0 saturated heterocycles. The van der Waals surface area contributed by atoms with Crippen molar-refractivity contribution in [2.75, 3.05) is 20.2 Å². The highest BCUT2D eigenvalue weighted by Gasteiger charge is 2.22. The zero-order chi connectivity index (χ0) is 16.0. The van der Waals surface area contributed by atoms with E-state index in [1.54, 1.807) is 24.0 Å². The maximum atomic E-state index is 12.2. The minimum atomic E-state index is -0.639. The summed E-state index contributed by atoms with van der Waals surface area (Å²) < 4.78 is 11.0. The first kappa shape index (κ1) is 17.6. The molecule has 0 fully saturated rings. The predicted molar refractivity (Wildman–Crippen MR) is 83.9 cm³/mol. The summed E-state index contributed by atoms with van der Waals surface area (Å²) in [7, 11) is 1.52. The molecule has 21 heavy (non-hydrogen) atoms. The standard InChI is InChI=1S/C15H23ClN2O3/c1-5-18(6-2)15(19)10(3)21-14-12(16)7-11(9-17)8-13(14)20-4/h7-8,10H,5-6,9,17H2,1-4H3. The van der Waals surface area contributed by atoms with Crippen molar-refractivity contribution >= 4 is 17.5 Å². The summed E-state index contributed by atoms with van der Waals surface area (Å²) in [4.78, 5) is 13.9. The number of hydrogen-bond acceptors (Lipinski definition) is 4. The summed E-state index contributed by atoms with van der Waals surface area (Å²) in [5.41, 5.74) is 6.44. The molecule has 6 heteroatoms. The molecule has 118 valence electrons. The van der Waals surface area contributed by atoms with Crippen molar-refractivity contribution in [3.05, 3.63) is 22.7 Å². The third-order valence-corrected chi connectivity index (χ3v) is 3.52. The van der Waals surface area contributed by atoms with Gasteiger partial charge in [-0.05, 0) is 38.5 Å². The first-order valence-electron chi connectivity index (χ1n) is 7.00. The number of ether oxygens (including phenoxy) is 2. The fourth-order valence-electron chi connectivity index (χ4n) is 2.03. The Morgan fingerprint density at radius 2 is 2.00 bits per heavy atom. The maximum absolute atomic E-state index is 12.2. The van der Waals surface area contributed by atoms with Gasteiger partial charge >= 0.3 is 0 Å². The van der Waals surface area contributed by atoms with E-state index in [1.807, 2.05) is 13.8 Å². The van der Waals surface area contributed by atoms with Crippen LogP contribution < -0.4 is 15.2 Å². The third kappa shape index (κ3) is 4.25. The van der Waals surface area contributed by atoms with Gasteiger partial charge in [0.25, 0.3) is 5.91 Å². The normalized spacial score (nSPS) is 11.9. The van der Waals surface area contributed by atoms with E-state index in [1.165, 1.54) is 7.11 Å². The van der Waals surface area contributed by atoms with Crippen LogP contribution in [0.25, 0.3) is 0 Å². The number of amides is 1. The third-order valence-electron chi connectivity index (χ3n) is 3.24. The van der Waals surface area contributed by atoms with Gasteiger partial charge in [-0.1, -0.05) is 11.6 Å². The van der Waals surface area contributed by atoms with Crippen LogP contribution in [0.3, 0.4) is 0 Å². The van der Waals surface area contributed by atoms with Crippen LogP contribution in [0.1, 0.15) is 26.3 Å². The molecule has 0 aliphatic rings. The average Bonchev–Trinajstić information content (AvgIpc) is 2.49. The van der Waals surface area contributed by atoms with E-state index in [-0.39, 0.29) is 5.91 Å². The second kappa shape index (κ2) is 8.10. The van der Waals surface area contributed by atoms with Gasteiger partial charge in [0.15, 0.2) is 17.6 Å². The maximum Gasteiger partial charge on any atom is 0.263 e. The second-order valence-electron chi connectivity index (χ2n) is 4.58. The van der Waals surface area contributed by atoms with Crippen LogP contribution in [0.15, 0.2) is 12.1 Å². The highest BCUT2D eigenvalue weighted by molar-refractivity contribution is 6.32. The van der Waals surface area contributed by atoms with E-state index in [2.05, 4.69) is 0 Å². The molecule has 0 spiro atoms. The number of nitrogens with zero attached hydrogens (tertiary/aromatic N) is 1. The molecule has 1 rings (SSSR count). The predicted octanol–water partition coefficient (Wildman–Crippen LogP) is 2.44. The molecule has 0 aliphatic heterocycles. The highest BCUT2D eigenvalue weighted by Crippen LogP contribution is 2.37. The van der Waals surface area contributed by atoms with Crippen molar-refractivity contribution in [3.8, 4) is 11.5 Å². The minimum Gasteiger partial charge on any atom is -0.493 e. The molecular weight excluding hydrogens is 292 g/mol. The van der Waals surface area contributed by atoms with Crippen molar-refractivity contribution < 1.29 is 14.3 Å². The van der Waals surface area contributed by atoms with Crippen LogP contribution >= 0.6 is 11.6 Å². The number of likely N-dealkylation sites (N-methyl/N-ethyl adjacent to an activating group) is 1. The Morgan fingerprint density at radius 1 is 1.38 bits per heavy atom. The van der Waals surface area contributed by atoms with Gasteiger partial charge < -0.3 is 20.1 Å². The lowest BCUT2D eigenvalue weighted by molar-refractivity contribution is -0.137. The second-order valence-corrected chi connectivity index (χ2v) is 4.99. The quantitative estimate of drug-likeness (QED) is 0.839. The van der Waals surface area contributed by atoms with Crippen LogP contribution in [0.2, 0.25) is 5.02 Å². The molecule has 1 amide bonds. The first-order valence-corrected chi connectivity index (χ1v) is 7.38. The van der Waals surface area contributed by atoms with Gasteiger partial charge in [0.1, 0.15) is 0 Å². The Kier molecular flexibility index (Phi) is 6.78. The number of methoxy groups -OCH3 is 1. The van der Waals surface area contributed by atoms with E-state index in [9.17, 15) is 4.79 Å². The fourth-order valence-corrected chi connectivity index (χ4v) is 2.30. The van der Waals surface area contributed by atoms with Gasteiger partial charge in [-0.3, -0.25) is 4.79 Å². The van der Waals surface area contributed by atoms with Gasteiger partial charge in [0.05, 0.1) is 12.1 Å². The van der Waals surface area contributed by atoms with Crippen molar-refractivity contribution in [1.29, 1.82) is 0 Å². The molecule has 0 aliphatic carbocycles. The summed E-state index contributed by atoms with van der Waals surface area (Å²) in [5, 5.41) is 0.383. The summed E-state index contributed by atoms with van der Waals surface area (Å²) in [5.74, 6) is 0.757. The molecule has 2 N–H and O–H groups in total. The number of nitrogens with two attached hydrogens (primary N) is 1. The molecule has 0 radical (unpaired) electrons. The van der Waals surface area contributed by atoms with Crippen molar-refractivity contribution in [1.82, 2.24) is 4.90 Å². The Morgan fingerprint density at radius 3 is 2.48 bits per heavy atom. The molecular formula is C15H23ClN2O3. The number of benzene rings is 1. The Bertz CT molecular complexity index is 490. The number of carbonyl (C=O) groups excluding carboxylic acids is 1. The number of hydrogen-bond donors (Lipinski definition) is 1. The number of halogens is 1. The van der Waals surface area contributed by atoms with Gasteiger partial charge in [-0.25, -0.2) is 0 Å². The Balaban J connectivity index is 2.99. The average molecular weight is 315 g/mol. The lowest BCUT2D eigenvalue weighted by Gasteiger charge is -2.24. The summed E-state index contributed by atoms with van der Waals surface area (Å²) in [6.07, 6.45) is -0.639. The van der Waals surface area contributed by atoms with Crippen molar-refractivity contribution in [2.24, 2.45) is 5.73 Å². The smallest absolute Gasteiger partial charge is 0.263 e. The Hall–Kier alpha value is -1.46. The lowest BCUT2D eigenvalue weighted by Crippen LogP contribution is -2.40. The van der Waals surface area contributed by atoms with Crippen molar-refractivity contribution in [2.45, 2.75) is 33.4 Å². The summed E-state index contributed by atoms with van der Waals surface area (Å²) >= 11 is 6.20. The van der Waals surface area contributed by atoms with Gasteiger partial charge in [0, 0.05) is 19.6 Å². The first-order chi connectivity index (χ1) is 9.98. The lowest BCUT2D eigenvalue weighted by atomic mass is 10.2. The molecule has 5 nitrogen and oxygen atoms in total. The fraction of sp³-hybridized carbons (Fsp3) is 0.533. The molecule has 0 bridgehead atoms. The van der Waals surface area contributed by atoms with Gasteiger partial charge in [-0.2, -0.15) is 0 Å².